The van der Waals surface area contributed by atoms with E-state index in [-0.39, 0.29) is 28.6 Å². The number of aromatic hydroxyl groups is 2. The van der Waals surface area contributed by atoms with E-state index in [9.17, 15) is 23.4 Å². The van der Waals surface area contributed by atoms with Crippen molar-refractivity contribution < 1.29 is 28.2 Å². The number of anilines is 1. The molecule has 0 saturated heterocycles. The summed E-state index contributed by atoms with van der Waals surface area (Å²) in [7, 11) is -2.71. The number of ether oxygens (including phenoxy) is 1. The number of carbonyl (C=O) groups excluding carboxylic acids is 1. The van der Waals surface area contributed by atoms with Gasteiger partial charge in [-0.25, -0.2) is 8.42 Å². The Morgan fingerprint density at radius 2 is 1.97 bits per heavy atom. The van der Waals surface area contributed by atoms with Crippen molar-refractivity contribution in [2.45, 2.75) is 23.7 Å². The Morgan fingerprint density at radius 1 is 1.24 bits per heavy atom. The number of nitrogens with one attached hydrogen (secondary N) is 2. The summed E-state index contributed by atoms with van der Waals surface area (Å²) in [6, 6.07) is 7.09. The zero-order chi connectivity index (χ0) is 21.2. The number of amides is 1. The summed E-state index contributed by atoms with van der Waals surface area (Å²) in [4.78, 5) is 12.1. The van der Waals surface area contributed by atoms with E-state index in [4.69, 9.17) is 4.74 Å². The summed E-state index contributed by atoms with van der Waals surface area (Å²) in [5, 5.41) is 23.2. The van der Waals surface area contributed by atoms with Crippen LogP contribution in [0.3, 0.4) is 0 Å². The van der Waals surface area contributed by atoms with Gasteiger partial charge in [0.05, 0.1) is 17.9 Å². The van der Waals surface area contributed by atoms with Gasteiger partial charge in [-0.15, -0.1) is 0 Å². The van der Waals surface area contributed by atoms with Crippen LogP contribution in [0.1, 0.15) is 34.7 Å². The molecule has 8 nitrogen and oxygen atoms in total. The molecule has 0 unspecified atom stereocenters. The van der Waals surface area contributed by atoms with Gasteiger partial charge in [-0.05, 0) is 54.7 Å². The quantitative estimate of drug-likeness (QED) is 0.337. The lowest BCUT2D eigenvalue weighted by Crippen LogP contribution is -2.27. The third-order valence-electron chi connectivity index (χ3n) is 4.47. The molecular formula is C19H21BrN2O6S. The molecule has 0 spiro atoms. The normalized spacial score (nSPS) is 13.9. The van der Waals surface area contributed by atoms with E-state index < -0.39 is 27.4 Å². The van der Waals surface area contributed by atoms with Crippen molar-refractivity contribution in [3.8, 4) is 11.5 Å². The number of hydrogen-bond donors (Lipinski definition) is 4. The van der Waals surface area contributed by atoms with Gasteiger partial charge in [0.25, 0.3) is 15.9 Å². The summed E-state index contributed by atoms with van der Waals surface area (Å²) >= 11 is 3.17. The molecule has 0 bridgehead atoms. The van der Waals surface area contributed by atoms with Crippen molar-refractivity contribution in [3.63, 3.8) is 0 Å². The van der Waals surface area contributed by atoms with Crippen LogP contribution in [0.5, 0.6) is 11.5 Å². The number of phenolic OH excluding ortho intramolecular Hbond substituents is 2. The van der Waals surface area contributed by atoms with Crippen molar-refractivity contribution in [3.05, 3.63) is 45.9 Å². The summed E-state index contributed by atoms with van der Waals surface area (Å²) in [6.07, 6.45) is 1.85. The second-order valence-corrected chi connectivity index (χ2v) is 9.27. The van der Waals surface area contributed by atoms with Crippen molar-refractivity contribution in [1.82, 2.24) is 5.32 Å². The maximum Gasteiger partial charge on any atom is 0.265 e. The SMILES string of the molecule is COCCNC(=O)c1cc(C2CC2)cc(NS(=O)(=O)c2cc(Br)ccc2O)c1O. The van der Waals surface area contributed by atoms with Crippen LogP contribution in [0, 0.1) is 0 Å². The number of sulfonamides is 1. The Bertz CT molecular complexity index is 1040. The van der Waals surface area contributed by atoms with E-state index in [1.54, 1.807) is 6.07 Å². The minimum absolute atomic E-state index is 0.0262. The fraction of sp³-hybridized carbons (Fsp3) is 0.316. The molecule has 1 fully saturated rings. The molecule has 1 amide bonds. The third-order valence-corrected chi connectivity index (χ3v) is 6.36. The highest BCUT2D eigenvalue weighted by atomic mass is 79.9. The summed E-state index contributed by atoms with van der Waals surface area (Å²) in [5.74, 6) is -1.24. The molecular weight excluding hydrogens is 464 g/mol. The van der Waals surface area contributed by atoms with Crippen LogP contribution in [-0.2, 0) is 14.8 Å². The van der Waals surface area contributed by atoms with Crippen LogP contribution >= 0.6 is 15.9 Å². The van der Waals surface area contributed by atoms with Gasteiger partial charge in [0.15, 0.2) is 5.75 Å². The zero-order valence-corrected chi connectivity index (χ0v) is 18.0. The van der Waals surface area contributed by atoms with Crippen LogP contribution in [0.2, 0.25) is 0 Å². The molecule has 4 N–H and O–H groups in total. The van der Waals surface area contributed by atoms with Gasteiger partial charge < -0.3 is 20.3 Å². The molecule has 1 aliphatic rings. The first kappa shape index (κ1) is 21.4. The highest BCUT2D eigenvalue weighted by molar-refractivity contribution is 9.10. The van der Waals surface area contributed by atoms with E-state index in [1.807, 2.05) is 0 Å². The van der Waals surface area contributed by atoms with Crippen molar-refractivity contribution in [1.29, 1.82) is 0 Å². The number of carbonyl (C=O) groups is 1. The molecule has 1 saturated carbocycles. The first-order valence-corrected chi connectivity index (χ1v) is 11.2. The molecule has 3 rings (SSSR count). The molecule has 0 aliphatic heterocycles. The van der Waals surface area contributed by atoms with Crippen LogP contribution in [0.4, 0.5) is 5.69 Å². The number of phenols is 2. The van der Waals surface area contributed by atoms with E-state index >= 15 is 0 Å². The van der Waals surface area contributed by atoms with Crippen LogP contribution in [0.15, 0.2) is 39.7 Å². The molecule has 2 aromatic rings. The average molecular weight is 485 g/mol. The molecule has 10 heteroatoms. The molecule has 156 valence electrons. The second kappa shape index (κ2) is 8.60. The molecule has 2 aromatic carbocycles. The highest BCUT2D eigenvalue weighted by Crippen LogP contribution is 2.44. The van der Waals surface area contributed by atoms with E-state index in [0.29, 0.717) is 11.1 Å². The molecule has 0 heterocycles. The van der Waals surface area contributed by atoms with Crippen molar-refractivity contribution in [2.24, 2.45) is 0 Å². The molecule has 0 atom stereocenters. The third kappa shape index (κ3) is 5.01. The maximum absolute atomic E-state index is 12.8. The second-order valence-electron chi connectivity index (χ2n) is 6.71. The lowest BCUT2D eigenvalue weighted by molar-refractivity contribution is 0.0934. The Labute approximate surface area is 177 Å². The van der Waals surface area contributed by atoms with Crippen molar-refractivity contribution >= 4 is 37.5 Å². The van der Waals surface area contributed by atoms with Crippen LogP contribution in [0.25, 0.3) is 0 Å². The maximum atomic E-state index is 12.8. The van der Waals surface area contributed by atoms with Crippen LogP contribution in [-0.4, -0.2) is 44.8 Å². The standard InChI is InChI=1S/C19H21BrN2O6S/c1-28-7-6-21-19(25)14-8-12(11-2-3-11)9-15(18(14)24)22-29(26,27)17-10-13(20)4-5-16(17)23/h4-5,8-11,22-24H,2-3,6-7H2,1H3,(H,21,25). The average Bonchev–Trinajstić information content (AvgIpc) is 3.50. The fourth-order valence-electron chi connectivity index (χ4n) is 2.82. The number of halogens is 1. The summed E-state index contributed by atoms with van der Waals surface area (Å²) < 4.78 is 33.2. The van der Waals surface area contributed by atoms with E-state index in [1.165, 1.54) is 31.4 Å². The predicted molar refractivity (Wildman–Crippen MR) is 111 cm³/mol. The van der Waals surface area contributed by atoms with E-state index in [2.05, 4.69) is 26.0 Å². The minimum atomic E-state index is -4.22. The monoisotopic (exact) mass is 484 g/mol. The van der Waals surface area contributed by atoms with Gasteiger partial charge in [-0.3, -0.25) is 9.52 Å². The van der Waals surface area contributed by atoms with Gasteiger partial charge >= 0.3 is 0 Å². The van der Waals surface area contributed by atoms with Crippen molar-refractivity contribution in [2.75, 3.05) is 25.0 Å². The topological polar surface area (TPSA) is 125 Å². The molecule has 29 heavy (non-hydrogen) atoms. The first-order chi connectivity index (χ1) is 13.7. The molecule has 1 aliphatic carbocycles. The van der Waals surface area contributed by atoms with Gasteiger partial charge in [0.1, 0.15) is 10.6 Å². The largest absolute Gasteiger partial charge is 0.507 e. The number of rotatable bonds is 8. The van der Waals surface area contributed by atoms with Gasteiger partial charge in [0, 0.05) is 18.1 Å². The van der Waals surface area contributed by atoms with Gasteiger partial charge in [-0.2, -0.15) is 0 Å². The van der Waals surface area contributed by atoms with Gasteiger partial charge in [0.2, 0.25) is 0 Å². The molecule has 0 aromatic heterocycles. The Morgan fingerprint density at radius 3 is 2.62 bits per heavy atom. The lowest BCUT2D eigenvalue weighted by Gasteiger charge is -2.15. The zero-order valence-electron chi connectivity index (χ0n) is 15.6. The smallest absolute Gasteiger partial charge is 0.265 e. The van der Waals surface area contributed by atoms with Gasteiger partial charge in [-0.1, -0.05) is 15.9 Å². The lowest BCUT2D eigenvalue weighted by atomic mass is 10.0. The predicted octanol–water partition coefficient (Wildman–Crippen LogP) is 2.91. The Hall–Kier alpha value is -2.30. The highest BCUT2D eigenvalue weighted by Gasteiger charge is 2.29. The Balaban J connectivity index is 1.98. The number of methoxy groups -OCH3 is 1. The number of hydrogen-bond acceptors (Lipinski definition) is 6. The molecule has 0 radical (unpaired) electrons. The number of benzene rings is 2. The fourth-order valence-corrected chi connectivity index (χ4v) is 4.52. The van der Waals surface area contributed by atoms with E-state index in [0.717, 1.165) is 18.4 Å². The minimum Gasteiger partial charge on any atom is -0.507 e. The van der Waals surface area contributed by atoms with Crippen LogP contribution < -0.4 is 10.0 Å². The summed E-state index contributed by atoms with van der Waals surface area (Å²) in [5.41, 5.74) is 0.614. The first-order valence-electron chi connectivity index (χ1n) is 8.88. The Kier molecular flexibility index (Phi) is 6.35. The summed E-state index contributed by atoms with van der Waals surface area (Å²) in [6.45, 7) is 0.547.